The summed E-state index contributed by atoms with van der Waals surface area (Å²) in [5.74, 6) is 0.674. The van der Waals surface area contributed by atoms with Crippen molar-refractivity contribution in [3.05, 3.63) is 46.0 Å². The summed E-state index contributed by atoms with van der Waals surface area (Å²) in [6, 6.07) is 3.03. The van der Waals surface area contributed by atoms with Crippen molar-refractivity contribution in [1.29, 1.82) is 0 Å². The van der Waals surface area contributed by atoms with Crippen LogP contribution in [0.5, 0.6) is 0 Å². The summed E-state index contributed by atoms with van der Waals surface area (Å²) in [6.07, 6.45) is 1.35. The molecule has 0 aliphatic carbocycles. The van der Waals surface area contributed by atoms with E-state index >= 15 is 0 Å². The van der Waals surface area contributed by atoms with Crippen LogP contribution in [0.3, 0.4) is 0 Å². The second-order valence-corrected chi connectivity index (χ2v) is 5.91. The number of amides is 1. The molecule has 2 aromatic heterocycles. The Morgan fingerprint density at radius 2 is 2.21 bits per heavy atom. The van der Waals surface area contributed by atoms with Gasteiger partial charge in [0, 0.05) is 18.3 Å². The third-order valence-electron chi connectivity index (χ3n) is 4.13. The fourth-order valence-electron chi connectivity index (χ4n) is 2.89. The van der Waals surface area contributed by atoms with Crippen molar-refractivity contribution in [1.82, 2.24) is 19.6 Å². The molecular formula is C16H20N4O4. The minimum Gasteiger partial charge on any atom is -0.374 e. The van der Waals surface area contributed by atoms with Gasteiger partial charge in [-0.05, 0) is 26.8 Å². The Labute approximate surface area is 139 Å². The predicted molar refractivity (Wildman–Crippen MR) is 84.3 cm³/mol. The maximum atomic E-state index is 12.8. The highest BCUT2D eigenvalue weighted by Gasteiger charge is 2.37. The zero-order valence-electron chi connectivity index (χ0n) is 13.9. The van der Waals surface area contributed by atoms with Gasteiger partial charge in [-0.15, -0.1) is 0 Å². The standard InChI is InChI=1S/C16H20N4O4/c1-10-5-4-6-19(16(10)22)9-13(21)20-7-8-23-11(2)14(20)15-17-12(3)18-24-15/h4-6,11,14H,7-9H2,1-3H3/t11-,14+/m1/s1. The molecule has 2 aromatic rings. The second-order valence-electron chi connectivity index (χ2n) is 5.91. The molecule has 1 amide bonds. The van der Waals surface area contributed by atoms with Crippen molar-refractivity contribution in [2.24, 2.45) is 0 Å². The summed E-state index contributed by atoms with van der Waals surface area (Å²) in [5.41, 5.74) is 0.432. The number of nitrogens with zero attached hydrogens (tertiary/aromatic N) is 4. The first kappa shape index (κ1) is 16.4. The van der Waals surface area contributed by atoms with E-state index in [1.54, 1.807) is 37.1 Å². The van der Waals surface area contributed by atoms with Gasteiger partial charge in [-0.1, -0.05) is 11.2 Å². The van der Waals surface area contributed by atoms with Crippen molar-refractivity contribution >= 4 is 5.91 Å². The van der Waals surface area contributed by atoms with Gasteiger partial charge in [0.15, 0.2) is 5.82 Å². The van der Waals surface area contributed by atoms with E-state index in [1.165, 1.54) is 4.57 Å². The molecule has 8 nitrogen and oxygen atoms in total. The molecule has 0 bridgehead atoms. The van der Waals surface area contributed by atoms with E-state index in [0.717, 1.165) is 0 Å². The van der Waals surface area contributed by atoms with Crippen molar-refractivity contribution in [3.8, 4) is 0 Å². The molecule has 3 heterocycles. The molecule has 3 rings (SSSR count). The molecule has 128 valence electrons. The summed E-state index contributed by atoms with van der Waals surface area (Å²) < 4.78 is 12.3. The van der Waals surface area contributed by atoms with E-state index in [9.17, 15) is 9.59 Å². The summed E-state index contributed by atoms with van der Waals surface area (Å²) in [6.45, 7) is 6.12. The SMILES string of the molecule is Cc1noc([C@@H]2[C@@H](C)OCCN2C(=O)Cn2cccc(C)c2=O)n1. The Bertz CT molecular complexity index is 797. The summed E-state index contributed by atoms with van der Waals surface area (Å²) in [5, 5.41) is 3.79. The van der Waals surface area contributed by atoms with Gasteiger partial charge >= 0.3 is 0 Å². The van der Waals surface area contributed by atoms with Crippen LogP contribution in [0.4, 0.5) is 0 Å². The topological polar surface area (TPSA) is 90.5 Å². The Kier molecular flexibility index (Phi) is 4.48. The zero-order valence-corrected chi connectivity index (χ0v) is 13.9. The Hall–Kier alpha value is -2.48. The van der Waals surface area contributed by atoms with E-state index in [4.69, 9.17) is 9.26 Å². The van der Waals surface area contributed by atoms with Gasteiger partial charge in [-0.2, -0.15) is 4.98 Å². The molecule has 1 saturated heterocycles. The number of morpholine rings is 1. The van der Waals surface area contributed by atoms with Crippen LogP contribution < -0.4 is 5.56 Å². The molecular weight excluding hydrogens is 312 g/mol. The number of carbonyl (C=O) groups is 1. The molecule has 0 radical (unpaired) electrons. The lowest BCUT2D eigenvalue weighted by Gasteiger charge is -2.37. The number of ether oxygens (including phenoxy) is 1. The first-order chi connectivity index (χ1) is 11.5. The molecule has 1 aliphatic rings. The van der Waals surface area contributed by atoms with Crippen molar-refractivity contribution in [2.45, 2.75) is 39.5 Å². The number of hydrogen-bond donors (Lipinski definition) is 0. The van der Waals surface area contributed by atoms with E-state index in [0.29, 0.717) is 30.4 Å². The van der Waals surface area contributed by atoms with Crippen LogP contribution in [0.15, 0.2) is 27.6 Å². The third-order valence-corrected chi connectivity index (χ3v) is 4.13. The van der Waals surface area contributed by atoms with Crippen LogP contribution in [0.1, 0.15) is 30.2 Å². The van der Waals surface area contributed by atoms with Gasteiger partial charge in [0.25, 0.3) is 11.4 Å². The van der Waals surface area contributed by atoms with E-state index < -0.39 is 6.04 Å². The molecule has 0 spiro atoms. The molecule has 2 atom stereocenters. The maximum absolute atomic E-state index is 12.8. The highest BCUT2D eigenvalue weighted by atomic mass is 16.5. The molecule has 1 aliphatic heterocycles. The van der Waals surface area contributed by atoms with Crippen molar-refractivity contribution in [2.75, 3.05) is 13.2 Å². The summed E-state index contributed by atoms with van der Waals surface area (Å²) >= 11 is 0. The van der Waals surface area contributed by atoms with Gasteiger partial charge in [-0.3, -0.25) is 9.59 Å². The van der Waals surface area contributed by atoms with Gasteiger partial charge in [0.1, 0.15) is 12.6 Å². The highest BCUT2D eigenvalue weighted by molar-refractivity contribution is 5.76. The number of pyridine rings is 1. The Balaban J connectivity index is 1.86. The average Bonchev–Trinajstić information content (AvgIpc) is 2.97. The largest absolute Gasteiger partial charge is 0.374 e. The van der Waals surface area contributed by atoms with Gasteiger partial charge in [0.2, 0.25) is 5.91 Å². The van der Waals surface area contributed by atoms with Crippen LogP contribution in [0.2, 0.25) is 0 Å². The van der Waals surface area contributed by atoms with Gasteiger partial charge < -0.3 is 18.7 Å². The number of hydrogen-bond acceptors (Lipinski definition) is 6. The normalized spacial score (nSPS) is 21.0. The van der Waals surface area contributed by atoms with E-state index in [2.05, 4.69) is 10.1 Å². The smallest absolute Gasteiger partial charge is 0.253 e. The lowest BCUT2D eigenvalue weighted by Crippen LogP contribution is -2.49. The first-order valence-corrected chi connectivity index (χ1v) is 7.84. The average molecular weight is 332 g/mol. The lowest BCUT2D eigenvalue weighted by molar-refractivity contribution is -0.148. The minimum absolute atomic E-state index is 0.0309. The second kappa shape index (κ2) is 6.56. The number of rotatable bonds is 3. The van der Waals surface area contributed by atoms with Crippen molar-refractivity contribution < 1.29 is 14.1 Å². The molecule has 24 heavy (non-hydrogen) atoms. The third kappa shape index (κ3) is 3.09. The number of aryl methyl sites for hydroxylation is 2. The molecule has 0 unspecified atom stereocenters. The maximum Gasteiger partial charge on any atom is 0.253 e. The zero-order chi connectivity index (χ0) is 17.3. The molecule has 1 fully saturated rings. The predicted octanol–water partition coefficient (Wildman–Crippen LogP) is 0.837. The summed E-state index contributed by atoms with van der Waals surface area (Å²) in [4.78, 5) is 30.8. The first-order valence-electron chi connectivity index (χ1n) is 7.84. The van der Waals surface area contributed by atoms with Crippen LogP contribution in [0.25, 0.3) is 0 Å². The van der Waals surface area contributed by atoms with Crippen LogP contribution >= 0.6 is 0 Å². The van der Waals surface area contributed by atoms with Crippen LogP contribution in [-0.2, 0) is 16.1 Å². The highest BCUT2D eigenvalue weighted by Crippen LogP contribution is 2.28. The van der Waals surface area contributed by atoms with Crippen molar-refractivity contribution in [3.63, 3.8) is 0 Å². The molecule has 8 heteroatoms. The number of carbonyl (C=O) groups excluding carboxylic acids is 1. The summed E-state index contributed by atoms with van der Waals surface area (Å²) in [7, 11) is 0. The molecule has 0 aromatic carbocycles. The number of aromatic nitrogens is 3. The molecule has 0 N–H and O–H groups in total. The lowest BCUT2D eigenvalue weighted by atomic mass is 10.1. The van der Waals surface area contributed by atoms with Crippen LogP contribution in [0, 0.1) is 13.8 Å². The van der Waals surface area contributed by atoms with E-state index in [-0.39, 0.29) is 24.1 Å². The quantitative estimate of drug-likeness (QED) is 0.827. The Morgan fingerprint density at radius 3 is 2.92 bits per heavy atom. The minimum atomic E-state index is -0.451. The monoisotopic (exact) mass is 332 g/mol. The van der Waals surface area contributed by atoms with Crippen LogP contribution in [-0.4, -0.2) is 44.8 Å². The van der Waals surface area contributed by atoms with Gasteiger partial charge in [0.05, 0.1) is 12.7 Å². The fraction of sp³-hybridized carbons (Fsp3) is 0.500. The fourth-order valence-corrected chi connectivity index (χ4v) is 2.89. The molecule has 0 saturated carbocycles. The Morgan fingerprint density at radius 1 is 1.42 bits per heavy atom. The van der Waals surface area contributed by atoms with E-state index in [1.807, 2.05) is 6.92 Å². The van der Waals surface area contributed by atoms with Gasteiger partial charge in [-0.25, -0.2) is 0 Å².